The molecule has 0 aliphatic carbocycles. The summed E-state index contributed by atoms with van der Waals surface area (Å²) < 4.78 is 37.0. The first-order chi connectivity index (χ1) is 35.8. The van der Waals surface area contributed by atoms with Crippen LogP contribution in [0.2, 0.25) is 0 Å². The van der Waals surface area contributed by atoms with Crippen LogP contribution < -0.4 is 0 Å². The third-order valence-electron chi connectivity index (χ3n) is 16.8. The van der Waals surface area contributed by atoms with Gasteiger partial charge in [-0.3, -0.25) is 48.5 Å². The Morgan fingerprint density at radius 2 is 1.13 bits per heavy atom. The number of aliphatic imine (C=N–C) groups is 3. The first-order valence-electron chi connectivity index (χ1n) is 24.9. The number of rotatable bonds is 19. The summed E-state index contributed by atoms with van der Waals surface area (Å²) >= 11 is 0. The van der Waals surface area contributed by atoms with E-state index in [0.29, 0.717) is 51.8 Å². The zero-order chi connectivity index (χ0) is 57.7. The molecule has 0 aromatic heterocycles. The van der Waals surface area contributed by atoms with Crippen molar-refractivity contribution < 1.29 is 83.5 Å². The first kappa shape index (κ1) is 66.5. The molecule has 21 heteroatoms. The molecule has 5 aliphatic heterocycles. The number of methoxy groups -OCH3 is 6. The van der Waals surface area contributed by atoms with E-state index in [1.165, 1.54) is 42.7 Å². The molecule has 1 fully saturated rings. The standard InChI is InChI=1S/C54H73N4O14.2CN.Co/c1-16-25-72-44(65)28-52(7)32(17-20-38(59)66-10)36-27-37-50(4,5)33(18-21-39(60)67-11)45(56-37)30(2)47-51(6,24-23-41(62)69-13)35(26-42(63)70-14)49(57-47)54(9)53(8,29-43(64)71-15)34(19-22-40(61)68-12)46(58-54)31(3)48(52)55-36;2*1-2;/h1,27,32-35,49H,17-26,28-29H2,2-15H3;;;/q3*-1;+3/t32-,33-,34-,35+,49?,51-,52+,53+,54+;;;/m1.../s1. The molecule has 9 atom stereocenters. The fourth-order valence-electron chi connectivity index (χ4n) is 12.3. The molecule has 0 amide bonds. The van der Waals surface area contributed by atoms with Crippen LogP contribution in [0.15, 0.2) is 49.3 Å². The molecule has 0 spiro atoms. The van der Waals surface area contributed by atoms with Crippen molar-refractivity contribution in [1.29, 1.82) is 10.5 Å². The van der Waals surface area contributed by atoms with Crippen LogP contribution in [0.5, 0.6) is 0 Å². The number of carbonyl (C=O) groups is 7. The van der Waals surface area contributed by atoms with Crippen molar-refractivity contribution in [2.24, 2.45) is 60.3 Å². The molecule has 5 aliphatic rings. The Labute approximate surface area is 463 Å². The second-order valence-corrected chi connectivity index (χ2v) is 21.0. The van der Waals surface area contributed by atoms with Gasteiger partial charge in [0.25, 0.3) is 0 Å². The van der Waals surface area contributed by atoms with Crippen LogP contribution in [0.3, 0.4) is 0 Å². The maximum absolute atomic E-state index is 14.0. The van der Waals surface area contributed by atoms with Crippen molar-refractivity contribution >= 4 is 58.9 Å². The van der Waals surface area contributed by atoms with E-state index < -0.39 is 98.7 Å². The molecule has 0 saturated carbocycles. The third kappa shape index (κ3) is 13.2. The van der Waals surface area contributed by atoms with Gasteiger partial charge in [0.1, 0.15) is 0 Å². The van der Waals surface area contributed by atoms with E-state index in [0.717, 1.165) is 0 Å². The predicted molar refractivity (Wildman–Crippen MR) is 276 cm³/mol. The summed E-state index contributed by atoms with van der Waals surface area (Å²) in [4.78, 5) is 111. The molecule has 8 bridgehead atoms. The van der Waals surface area contributed by atoms with Crippen LogP contribution in [0.1, 0.15) is 126 Å². The second-order valence-electron chi connectivity index (χ2n) is 21.0. The Balaban J connectivity index is 0.00000396. The normalized spacial score (nSPS) is 30.6. The van der Waals surface area contributed by atoms with Gasteiger partial charge in [-0.05, 0) is 75.0 Å². The van der Waals surface area contributed by atoms with Gasteiger partial charge in [-0.1, -0.05) is 46.6 Å². The number of terminal acetylenes is 1. The van der Waals surface area contributed by atoms with E-state index in [1.807, 2.05) is 61.5 Å². The van der Waals surface area contributed by atoms with Crippen LogP contribution in [-0.2, 0) is 83.5 Å². The number of fused-ring (bicyclic) bond motifs is 6. The molecule has 20 nitrogen and oxygen atoms in total. The van der Waals surface area contributed by atoms with Crippen molar-refractivity contribution in [2.45, 2.75) is 138 Å². The number of carbonyl (C=O) groups excluding carboxylic acids is 7. The minimum absolute atomic E-state index is 0. The van der Waals surface area contributed by atoms with Crippen LogP contribution >= 0.6 is 0 Å². The predicted octanol–water partition coefficient (Wildman–Crippen LogP) is 7.52. The van der Waals surface area contributed by atoms with E-state index in [-0.39, 0.29) is 87.6 Å². The molecular weight excluding hydrogens is 1040 g/mol. The zero-order valence-electron chi connectivity index (χ0n) is 46.8. The minimum atomic E-state index is -1.41. The first-order valence-corrected chi connectivity index (χ1v) is 24.9. The molecule has 1 unspecified atom stereocenters. The maximum atomic E-state index is 14.0. The smallest absolute Gasteiger partial charge is 0.682 e. The van der Waals surface area contributed by atoms with Crippen molar-refractivity contribution in [1.82, 2.24) is 0 Å². The molecule has 420 valence electrons. The molecular formula is C56H73CoN6O14. The Bertz CT molecular complexity index is 2560. The van der Waals surface area contributed by atoms with E-state index in [2.05, 4.69) is 5.92 Å². The summed E-state index contributed by atoms with van der Waals surface area (Å²) in [6.07, 6.45) is 7.48. The largest absolute Gasteiger partial charge is 3.00 e. The van der Waals surface area contributed by atoms with E-state index in [9.17, 15) is 33.6 Å². The minimum Gasteiger partial charge on any atom is -0.682 e. The number of esters is 7. The molecule has 0 aromatic carbocycles. The number of nitrogens with zero attached hydrogens (tertiary/aromatic N) is 6. The van der Waals surface area contributed by atoms with Crippen molar-refractivity contribution in [3.8, 4) is 12.3 Å². The number of ether oxygens (including phenoxy) is 7. The van der Waals surface area contributed by atoms with E-state index >= 15 is 0 Å². The van der Waals surface area contributed by atoms with Gasteiger partial charge in [-0.15, -0.1) is 6.42 Å². The second kappa shape index (κ2) is 27.6. The average molecular weight is 1110 g/mol. The molecule has 1 saturated heterocycles. The third-order valence-corrected chi connectivity index (χ3v) is 16.8. The molecule has 0 radical (unpaired) electrons. The van der Waals surface area contributed by atoms with Crippen molar-refractivity contribution in [3.63, 3.8) is 0 Å². The summed E-state index contributed by atoms with van der Waals surface area (Å²) in [6, 6.07) is -0.918. The summed E-state index contributed by atoms with van der Waals surface area (Å²) in [5, 5.41) is 18.2. The summed E-state index contributed by atoms with van der Waals surface area (Å²) in [5.74, 6) is -3.75. The fraction of sp³-hybridized carbons (Fsp3) is 0.643. The topological polar surface area (TPSA) is 283 Å². The zero-order valence-corrected chi connectivity index (χ0v) is 47.8. The Kier molecular flexibility index (Phi) is 23.8. The van der Waals surface area contributed by atoms with Crippen LogP contribution in [0.25, 0.3) is 5.32 Å². The van der Waals surface area contributed by atoms with Gasteiger partial charge in [0, 0.05) is 88.9 Å². The van der Waals surface area contributed by atoms with Gasteiger partial charge in [0.05, 0.1) is 66.7 Å². The summed E-state index contributed by atoms with van der Waals surface area (Å²) in [5.41, 5.74) is -1.34. The van der Waals surface area contributed by atoms with Gasteiger partial charge in [0.15, 0.2) is 6.61 Å². The Morgan fingerprint density at radius 1 is 0.636 bits per heavy atom. The Hall–Kier alpha value is -6.63. The average Bonchev–Trinajstić information content (AvgIpc) is 4.02. The van der Waals surface area contributed by atoms with Crippen LogP contribution in [-0.4, -0.2) is 120 Å². The Morgan fingerprint density at radius 3 is 1.64 bits per heavy atom. The number of hydrogen-bond donors (Lipinski definition) is 0. The molecule has 5 rings (SSSR count). The maximum Gasteiger partial charge on any atom is 3.00 e. The van der Waals surface area contributed by atoms with Crippen molar-refractivity contribution in [2.75, 3.05) is 49.3 Å². The number of allylic oxidation sites excluding steroid dienone is 6. The SMILES string of the molecule is C#CCOC(=O)C[C@]1(C)/C2=C(\C)C3=N[C@@](C)(C4[N-]/C(=C(/C)C5=N/C(=C\C(=N2)[C@H]1CCC(=O)OC)C(C)(C)[C@@H]5CCC(=O)OC)[C@](C)(CCC(=O)OC)[C@H]4CC(=O)OC)[C@@](C)(CC(=O)OC)[C@@H]3CCC(=O)OC.[C-]#N.[C-]#N.[Co+3]. The van der Waals surface area contributed by atoms with E-state index in [1.54, 1.807) is 0 Å². The quantitative estimate of drug-likeness (QED) is 0.0523. The molecule has 0 aromatic rings. The van der Waals surface area contributed by atoms with Crippen molar-refractivity contribution in [3.05, 3.63) is 52.8 Å². The van der Waals surface area contributed by atoms with Crippen LogP contribution in [0, 0.1) is 81.3 Å². The van der Waals surface area contributed by atoms with Gasteiger partial charge in [0.2, 0.25) is 0 Å². The van der Waals surface area contributed by atoms with Gasteiger partial charge in [-0.2, -0.15) is 5.70 Å². The van der Waals surface area contributed by atoms with Gasteiger partial charge in [-0.25, -0.2) is 0 Å². The molecule has 77 heavy (non-hydrogen) atoms. The van der Waals surface area contributed by atoms with E-state index in [4.69, 9.17) is 83.5 Å². The van der Waals surface area contributed by atoms with Gasteiger partial charge < -0.3 is 62.1 Å². The fourth-order valence-corrected chi connectivity index (χ4v) is 12.3. The monoisotopic (exact) mass is 1110 g/mol. The summed E-state index contributed by atoms with van der Waals surface area (Å²) in [6.45, 7) is 24.7. The number of hydrogen-bond acceptors (Lipinski definition) is 19. The van der Waals surface area contributed by atoms with Crippen LogP contribution in [0.4, 0.5) is 0 Å². The summed E-state index contributed by atoms with van der Waals surface area (Å²) in [7, 11) is 7.82. The molecule has 0 N–H and O–H groups in total. The van der Waals surface area contributed by atoms with Gasteiger partial charge >= 0.3 is 58.6 Å². The molecule has 5 heterocycles.